The molecule has 0 saturated heterocycles. The van der Waals surface area contributed by atoms with E-state index in [0.29, 0.717) is 12.1 Å². The third kappa shape index (κ3) is 4.71. The molecule has 1 aromatic rings. The molecule has 0 fully saturated rings. The van der Waals surface area contributed by atoms with Crippen LogP contribution >= 0.6 is 0 Å². The minimum Gasteiger partial charge on any atom is -0.465 e. The highest BCUT2D eigenvalue weighted by atomic mass is 16.5. The summed E-state index contributed by atoms with van der Waals surface area (Å²) in [7, 11) is 1.35. The van der Waals surface area contributed by atoms with Gasteiger partial charge in [0.15, 0.2) is 6.54 Å². The fourth-order valence-corrected chi connectivity index (χ4v) is 1.88. The number of benzene rings is 1. The van der Waals surface area contributed by atoms with E-state index in [9.17, 15) is 9.59 Å². The zero-order chi connectivity index (χ0) is 14.4. The first kappa shape index (κ1) is 15.2. The van der Waals surface area contributed by atoms with Gasteiger partial charge in [-0.3, -0.25) is 4.79 Å². The molecule has 0 saturated carbocycles. The Kier molecular flexibility index (Phi) is 5.51. The van der Waals surface area contributed by atoms with Crippen molar-refractivity contribution in [1.82, 2.24) is 0 Å². The number of quaternary nitrogens is 1. The van der Waals surface area contributed by atoms with Crippen molar-refractivity contribution in [3.05, 3.63) is 35.4 Å². The van der Waals surface area contributed by atoms with E-state index < -0.39 is 0 Å². The average molecular weight is 265 g/mol. The summed E-state index contributed by atoms with van der Waals surface area (Å²) in [6, 6.07) is 7.50. The van der Waals surface area contributed by atoms with E-state index in [4.69, 9.17) is 5.73 Å². The molecule has 104 valence electrons. The lowest BCUT2D eigenvalue weighted by molar-refractivity contribution is -0.927. The highest BCUT2D eigenvalue weighted by Crippen LogP contribution is 2.05. The lowest BCUT2D eigenvalue weighted by atomic mass is 10.1. The number of methoxy groups -OCH3 is 1. The van der Waals surface area contributed by atoms with Gasteiger partial charge in [-0.25, -0.2) is 4.79 Å². The molecule has 1 rings (SSSR count). The molecule has 1 atom stereocenters. The standard InChI is InChI=1S/C14H20N2O3/c1-10(2)16(9-13(15)17)8-11-5-4-6-12(7-11)14(18)19-3/h4-7,10H,8-9H2,1-3H3,(H2,15,17)/p+1. The maximum Gasteiger partial charge on any atom is 0.337 e. The van der Waals surface area contributed by atoms with E-state index in [2.05, 4.69) is 4.74 Å². The molecule has 1 unspecified atom stereocenters. The predicted molar refractivity (Wildman–Crippen MR) is 71.6 cm³/mol. The Bertz CT molecular complexity index is 458. The second kappa shape index (κ2) is 6.89. The molecule has 1 aromatic carbocycles. The van der Waals surface area contributed by atoms with Gasteiger partial charge in [0.25, 0.3) is 5.91 Å². The smallest absolute Gasteiger partial charge is 0.337 e. The van der Waals surface area contributed by atoms with Crippen LogP contribution in [0.25, 0.3) is 0 Å². The van der Waals surface area contributed by atoms with Crippen molar-refractivity contribution in [2.24, 2.45) is 5.73 Å². The van der Waals surface area contributed by atoms with Crippen LogP contribution in [0.3, 0.4) is 0 Å². The van der Waals surface area contributed by atoms with Crippen LogP contribution in [0.1, 0.15) is 29.8 Å². The van der Waals surface area contributed by atoms with Crippen molar-refractivity contribution >= 4 is 11.9 Å². The number of esters is 1. The van der Waals surface area contributed by atoms with Gasteiger partial charge in [-0.15, -0.1) is 0 Å². The van der Waals surface area contributed by atoms with Crippen molar-refractivity contribution in [2.75, 3.05) is 13.7 Å². The highest BCUT2D eigenvalue weighted by molar-refractivity contribution is 5.89. The third-order valence-corrected chi connectivity index (χ3v) is 3.00. The molecular formula is C14H21N2O3+. The summed E-state index contributed by atoms with van der Waals surface area (Å²) in [5.41, 5.74) is 6.75. The van der Waals surface area contributed by atoms with E-state index in [1.54, 1.807) is 12.1 Å². The highest BCUT2D eigenvalue weighted by Gasteiger charge is 2.17. The number of hydrogen-bond acceptors (Lipinski definition) is 3. The number of nitrogens with one attached hydrogen (secondary N) is 1. The largest absolute Gasteiger partial charge is 0.465 e. The van der Waals surface area contributed by atoms with Gasteiger partial charge in [-0.2, -0.15) is 0 Å². The summed E-state index contributed by atoms with van der Waals surface area (Å²) < 4.78 is 4.69. The predicted octanol–water partition coefficient (Wildman–Crippen LogP) is -0.248. The maximum absolute atomic E-state index is 11.5. The van der Waals surface area contributed by atoms with Gasteiger partial charge in [0, 0.05) is 5.56 Å². The van der Waals surface area contributed by atoms with E-state index >= 15 is 0 Å². The van der Waals surface area contributed by atoms with Gasteiger partial charge >= 0.3 is 5.97 Å². The van der Waals surface area contributed by atoms with Gasteiger partial charge in [-0.05, 0) is 26.0 Å². The molecule has 5 nitrogen and oxygen atoms in total. The van der Waals surface area contributed by atoms with Crippen molar-refractivity contribution in [1.29, 1.82) is 0 Å². The summed E-state index contributed by atoms with van der Waals surface area (Å²) >= 11 is 0. The molecule has 1 amide bonds. The zero-order valence-corrected chi connectivity index (χ0v) is 11.6. The summed E-state index contributed by atoms with van der Waals surface area (Å²) in [5.74, 6) is -0.685. The van der Waals surface area contributed by atoms with Crippen LogP contribution in [0, 0.1) is 0 Å². The summed E-state index contributed by atoms with van der Waals surface area (Å²) in [5, 5.41) is 0. The van der Waals surface area contributed by atoms with Crippen LogP contribution in [0.2, 0.25) is 0 Å². The van der Waals surface area contributed by atoms with Crippen LogP contribution in [-0.2, 0) is 16.1 Å². The van der Waals surface area contributed by atoms with Gasteiger partial charge in [0.2, 0.25) is 0 Å². The monoisotopic (exact) mass is 265 g/mol. The van der Waals surface area contributed by atoms with E-state index in [-0.39, 0.29) is 24.5 Å². The second-order valence-corrected chi connectivity index (χ2v) is 4.82. The molecule has 0 radical (unpaired) electrons. The molecule has 0 aliphatic carbocycles. The van der Waals surface area contributed by atoms with Crippen LogP contribution in [0.4, 0.5) is 0 Å². The Labute approximate surface area is 113 Å². The summed E-state index contributed by atoms with van der Waals surface area (Å²) in [6.45, 7) is 4.98. The molecule has 0 bridgehead atoms. The first-order chi connectivity index (χ1) is 8.93. The fraction of sp³-hybridized carbons (Fsp3) is 0.429. The number of carbonyl (C=O) groups excluding carboxylic acids is 2. The molecule has 0 aliphatic rings. The van der Waals surface area contributed by atoms with Gasteiger partial charge < -0.3 is 15.4 Å². The normalized spacial score (nSPS) is 12.2. The first-order valence-corrected chi connectivity index (χ1v) is 6.24. The molecule has 0 aliphatic heterocycles. The van der Waals surface area contributed by atoms with Crippen LogP contribution < -0.4 is 10.6 Å². The fourth-order valence-electron chi connectivity index (χ4n) is 1.88. The lowest BCUT2D eigenvalue weighted by Gasteiger charge is -2.22. The van der Waals surface area contributed by atoms with Crippen LogP contribution in [0.15, 0.2) is 24.3 Å². The van der Waals surface area contributed by atoms with Gasteiger partial charge in [-0.1, -0.05) is 12.1 Å². The lowest BCUT2D eigenvalue weighted by Crippen LogP contribution is -3.14. The molecule has 3 N–H and O–H groups in total. The minimum absolute atomic E-state index is 0.272. The number of rotatable bonds is 6. The van der Waals surface area contributed by atoms with Crippen molar-refractivity contribution < 1.29 is 19.2 Å². The number of hydrogen-bond donors (Lipinski definition) is 2. The summed E-state index contributed by atoms with van der Waals surface area (Å²) in [6.07, 6.45) is 0. The Morgan fingerprint density at radius 2 is 2.05 bits per heavy atom. The Hall–Kier alpha value is -1.88. The first-order valence-electron chi connectivity index (χ1n) is 6.24. The van der Waals surface area contributed by atoms with E-state index in [1.165, 1.54) is 7.11 Å². The Morgan fingerprint density at radius 3 is 2.58 bits per heavy atom. The average Bonchev–Trinajstić information content (AvgIpc) is 2.36. The van der Waals surface area contributed by atoms with Crippen molar-refractivity contribution in [3.63, 3.8) is 0 Å². The number of primary amides is 1. The molecule has 19 heavy (non-hydrogen) atoms. The number of nitrogens with two attached hydrogens (primary N) is 1. The molecule has 0 heterocycles. The van der Waals surface area contributed by atoms with Gasteiger partial charge in [0.1, 0.15) is 6.54 Å². The van der Waals surface area contributed by atoms with E-state index in [0.717, 1.165) is 10.5 Å². The molecule has 0 aromatic heterocycles. The van der Waals surface area contributed by atoms with Crippen LogP contribution in [-0.4, -0.2) is 31.6 Å². The third-order valence-electron chi connectivity index (χ3n) is 3.00. The Morgan fingerprint density at radius 1 is 1.37 bits per heavy atom. The van der Waals surface area contributed by atoms with Crippen molar-refractivity contribution in [2.45, 2.75) is 26.4 Å². The van der Waals surface area contributed by atoms with Crippen molar-refractivity contribution in [3.8, 4) is 0 Å². The van der Waals surface area contributed by atoms with Crippen LogP contribution in [0.5, 0.6) is 0 Å². The summed E-state index contributed by atoms with van der Waals surface area (Å²) in [4.78, 5) is 23.6. The topological polar surface area (TPSA) is 73.8 Å². The Balaban J connectivity index is 2.84. The number of amides is 1. The molecule has 0 spiro atoms. The zero-order valence-electron chi connectivity index (χ0n) is 11.6. The van der Waals surface area contributed by atoms with E-state index in [1.807, 2.05) is 26.0 Å². The maximum atomic E-state index is 11.5. The number of ether oxygens (including phenoxy) is 1. The van der Waals surface area contributed by atoms with Gasteiger partial charge in [0.05, 0.1) is 18.7 Å². The number of carbonyl (C=O) groups is 2. The molecular weight excluding hydrogens is 244 g/mol. The molecule has 5 heteroatoms. The minimum atomic E-state index is -0.358. The quantitative estimate of drug-likeness (QED) is 0.697. The second-order valence-electron chi connectivity index (χ2n) is 4.82. The SMILES string of the molecule is COC(=O)c1cccc(C[NH+](CC(N)=O)C(C)C)c1.